The highest BCUT2D eigenvalue weighted by atomic mass is 16.2. The largest absolute Gasteiger partial charge is 0.339 e. The van der Waals surface area contributed by atoms with Crippen molar-refractivity contribution >= 4 is 17.5 Å². The molecule has 1 aliphatic rings. The molecule has 6 nitrogen and oxygen atoms in total. The second kappa shape index (κ2) is 7.91. The smallest absolute Gasteiger partial charge is 0.272 e. The molecule has 0 fully saturated rings. The van der Waals surface area contributed by atoms with Crippen molar-refractivity contribution in [3.05, 3.63) is 83.2 Å². The highest BCUT2D eigenvalue weighted by Crippen LogP contribution is 2.33. The highest BCUT2D eigenvalue weighted by Gasteiger charge is 2.32. The van der Waals surface area contributed by atoms with E-state index in [1.54, 1.807) is 18.0 Å². The van der Waals surface area contributed by atoms with Gasteiger partial charge in [-0.25, -0.2) is 0 Å². The van der Waals surface area contributed by atoms with Gasteiger partial charge in [-0.05, 0) is 35.6 Å². The first-order valence-corrected chi connectivity index (χ1v) is 9.78. The fourth-order valence-electron chi connectivity index (χ4n) is 3.88. The Morgan fingerprint density at radius 3 is 2.69 bits per heavy atom. The number of nitrogens with one attached hydrogen (secondary N) is 2. The van der Waals surface area contributed by atoms with Gasteiger partial charge in [0, 0.05) is 24.8 Å². The molecular formula is C23H24N4O2. The molecule has 4 rings (SSSR count). The van der Waals surface area contributed by atoms with E-state index in [1.165, 1.54) is 0 Å². The van der Waals surface area contributed by atoms with Crippen LogP contribution in [0.2, 0.25) is 0 Å². The molecule has 2 heterocycles. The van der Waals surface area contributed by atoms with Crippen LogP contribution in [0.3, 0.4) is 0 Å². The van der Waals surface area contributed by atoms with Crippen molar-refractivity contribution < 1.29 is 9.59 Å². The average Bonchev–Trinajstić information content (AvgIpc) is 3.18. The van der Waals surface area contributed by atoms with Gasteiger partial charge in [0.05, 0.1) is 0 Å². The first-order valence-electron chi connectivity index (χ1n) is 9.78. The number of anilines is 1. The molecule has 6 heteroatoms. The number of hydrogen-bond donors (Lipinski definition) is 2. The number of rotatable bonds is 4. The summed E-state index contributed by atoms with van der Waals surface area (Å²) >= 11 is 0. The number of aromatic nitrogens is 2. The number of aromatic amines is 1. The van der Waals surface area contributed by atoms with Gasteiger partial charge in [-0.15, -0.1) is 0 Å². The van der Waals surface area contributed by atoms with Crippen molar-refractivity contribution in [2.75, 3.05) is 11.9 Å². The number of nitrogens with zero attached hydrogens (tertiary/aromatic N) is 2. The minimum atomic E-state index is -0.593. The van der Waals surface area contributed by atoms with Crippen molar-refractivity contribution in [2.24, 2.45) is 0 Å². The molecule has 0 bridgehead atoms. The lowest BCUT2D eigenvalue weighted by Gasteiger charge is -2.21. The minimum absolute atomic E-state index is 0.116. The van der Waals surface area contributed by atoms with Crippen LogP contribution in [0.15, 0.2) is 60.7 Å². The lowest BCUT2D eigenvalue weighted by atomic mass is 9.94. The van der Waals surface area contributed by atoms with E-state index in [1.807, 2.05) is 54.6 Å². The molecule has 1 aliphatic heterocycles. The van der Waals surface area contributed by atoms with E-state index in [0.29, 0.717) is 18.5 Å². The van der Waals surface area contributed by atoms with Gasteiger partial charge in [0.25, 0.3) is 5.91 Å². The molecule has 0 saturated heterocycles. The second-order valence-corrected chi connectivity index (χ2v) is 7.56. The molecule has 2 atom stereocenters. The van der Waals surface area contributed by atoms with Gasteiger partial charge in [-0.3, -0.25) is 14.7 Å². The number of benzene rings is 2. The minimum Gasteiger partial charge on any atom is -0.339 e. The zero-order chi connectivity index (χ0) is 20.4. The van der Waals surface area contributed by atoms with Crippen molar-refractivity contribution in [1.29, 1.82) is 0 Å². The summed E-state index contributed by atoms with van der Waals surface area (Å²) in [4.78, 5) is 27.3. The van der Waals surface area contributed by atoms with E-state index >= 15 is 0 Å². The van der Waals surface area contributed by atoms with Crippen LogP contribution in [-0.2, 0) is 11.2 Å². The van der Waals surface area contributed by atoms with E-state index in [2.05, 4.69) is 22.4 Å². The third kappa shape index (κ3) is 3.92. The van der Waals surface area contributed by atoms with Crippen molar-refractivity contribution in [3.8, 4) is 0 Å². The number of carbonyl (C=O) groups excluding carboxylic acids is 2. The number of para-hydroxylation sites is 1. The average molecular weight is 388 g/mol. The van der Waals surface area contributed by atoms with Crippen LogP contribution >= 0.6 is 0 Å². The van der Waals surface area contributed by atoms with Crippen LogP contribution in [-0.4, -0.2) is 35.1 Å². The van der Waals surface area contributed by atoms with Crippen LogP contribution in [0.5, 0.6) is 0 Å². The number of H-pyrrole nitrogens is 1. The summed E-state index contributed by atoms with van der Waals surface area (Å²) in [6, 6.07) is 19.0. The van der Waals surface area contributed by atoms with Gasteiger partial charge in [-0.2, -0.15) is 5.10 Å². The fourth-order valence-corrected chi connectivity index (χ4v) is 3.88. The van der Waals surface area contributed by atoms with Crippen molar-refractivity contribution in [1.82, 2.24) is 15.5 Å². The topological polar surface area (TPSA) is 78.1 Å². The fraction of sp³-hybridized carbons (Fsp3) is 0.261. The number of amides is 2. The summed E-state index contributed by atoms with van der Waals surface area (Å²) in [7, 11) is 1.75. The number of likely N-dealkylation sites (N-methyl/N-ethyl adjacent to an activating group) is 1. The summed E-state index contributed by atoms with van der Waals surface area (Å²) in [5.74, 6) is -0.307. The molecule has 0 saturated carbocycles. The van der Waals surface area contributed by atoms with E-state index in [0.717, 1.165) is 22.5 Å². The van der Waals surface area contributed by atoms with Crippen LogP contribution in [0.25, 0.3) is 0 Å². The Morgan fingerprint density at radius 1 is 1.17 bits per heavy atom. The molecular weight excluding hydrogens is 364 g/mol. The van der Waals surface area contributed by atoms with Gasteiger partial charge in [0.2, 0.25) is 5.91 Å². The summed E-state index contributed by atoms with van der Waals surface area (Å²) in [6.07, 6.45) is 1.21. The molecule has 2 amide bonds. The van der Waals surface area contributed by atoms with Gasteiger partial charge in [-0.1, -0.05) is 55.5 Å². The molecule has 0 aliphatic carbocycles. The summed E-state index contributed by atoms with van der Waals surface area (Å²) in [5, 5.41) is 9.95. The molecule has 0 spiro atoms. The molecule has 2 aromatic carbocycles. The van der Waals surface area contributed by atoms with E-state index in [9.17, 15) is 9.59 Å². The lowest BCUT2D eigenvalue weighted by Crippen LogP contribution is -2.47. The van der Waals surface area contributed by atoms with Crippen LogP contribution in [0, 0.1) is 0 Å². The Morgan fingerprint density at radius 2 is 1.90 bits per heavy atom. The maximum atomic E-state index is 12.9. The van der Waals surface area contributed by atoms with Gasteiger partial charge < -0.3 is 10.2 Å². The molecule has 1 aromatic heterocycles. The monoisotopic (exact) mass is 388 g/mol. The molecule has 0 radical (unpaired) electrons. The van der Waals surface area contributed by atoms with E-state index < -0.39 is 6.04 Å². The number of hydrogen-bond acceptors (Lipinski definition) is 3. The Kier molecular flexibility index (Phi) is 5.16. The first-order chi connectivity index (χ1) is 14.0. The Bertz CT molecular complexity index is 1030. The predicted octanol–water partition coefficient (Wildman–Crippen LogP) is 3.27. The zero-order valence-electron chi connectivity index (χ0n) is 16.6. The molecule has 3 aromatic rings. The summed E-state index contributed by atoms with van der Waals surface area (Å²) in [5.41, 5.74) is 4.29. The van der Waals surface area contributed by atoms with Crippen LogP contribution in [0.1, 0.15) is 46.6 Å². The summed E-state index contributed by atoms with van der Waals surface area (Å²) < 4.78 is 0. The zero-order valence-corrected chi connectivity index (χ0v) is 16.6. The predicted molar refractivity (Wildman–Crippen MR) is 112 cm³/mol. The van der Waals surface area contributed by atoms with Gasteiger partial charge >= 0.3 is 0 Å². The van der Waals surface area contributed by atoms with Gasteiger partial charge in [0.15, 0.2) is 0 Å². The third-order valence-corrected chi connectivity index (χ3v) is 5.45. The van der Waals surface area contributed by atoms with Gasteiger partial charge in [0.1, 0.15) is 11.7 Å². The van der Waals surface area contributed by atoms with E-state index in [-0.39, 0.29) is 17.7 Å². The molecule has 29 heavy (non-hydrogen) atoms. The van der Waals surface area contributed by atoms with E-state index in [4.69, 9.17) is 0 Å². The normalized spacial score (nSPS) is 18.8. The number of fused-ring (bicyclic) bond motifs is 1. The Balaban J connectivity index is 1.48. The molecule has 2 N–H and O–H groups in total. The molecule has 1 unspecified atom stereocenters. The number of carbonyl (C=O) groups is 2. The maximum Gasteiger partial charge on any atom is 0.272 e. The van der Waals surface area contributed by atoms with Crippen LogP contribution in [0.4, 0.5) is 5.69 Å². The molecule has 148 valence electrons. The quantitative estimate of drug-likeness (QED) is 0.720. The van der Waals surface area contributed by atoms with Crippen molar-refractivity contribution in [2.45, 2.75) is 31.7 Å². The first kappa shape index (κ1) is 18.9. The summed E-state index contributed by atoms with van der Waals surface area (Å²) in [6.45, 7) is 2.08. The Labute approximate surface area is 169 Å². The highest BCUT2D eigenvalue weighted by molar-refractivity contribution is 6.02. The third-order valence-electron chi connectivity index (χ3n) is 5.45. The SMILES string of the molecule is CC1C[C@H](NC(=O)c2cc(Cc3ccccc3)[nH]n2)C(=O)N(C)c2ccccc21. The Hall–Kier alpha value is -3.41. The maximum absolute atomic E-state index is 12.9. The second-order valence-electron chi connectivity index (χ2n) is 7.56. The standard InChI is InChI=1S/C23H24N4O2/c1-15-12-20(23(29)27(2)21-11-7-6-10-18(15)21)24-22(28)19-14-17(25-26-19)13-16-8-4-3-5-9-16/h3-11,14-15,20H,12-13H2,1-2H3,(H,24,28)(H,25,26)/t15?,20-/m0/s1. The van der Waals surface area contributed by atoms with Crippen molar-refractivity contribution in [3.63, 3.8) is 0 Å². The lowest BCUT2D eigenvalue weighted by molar-refractivity contribution is -0.120. The van der Waals surface area contributed by atoms with Crippen LogP contribution < -0.4 is 10.2 Å².